The molecular formula is C30H29N3O6S. The molecule has 0 aliphatic heterocycles. The SMILES string of the molecule is CCOC(=O)c1ccc(-c2ccc(/C=N/NC(=O)CN(c3ccc(C)cc3C)S(=O)(=O)c3ccccc3)o2)cc1. The molecule has 0 bridgehead atoms. The summed E-state index contributed by atoms with van der Waals surface area (Å²) in [6.45, 7) is 5.27. The first kappa shape index (κ1) is 28.3. The minimum Gasteiger partial charge on any atom is -0.462 e. The fourth-order valence-electron chi connectivity index (χ4n) is 4.00. The Balaban J connectivity index is 1.47. The number of rotatable bonds is 10. The van der Waals surface area contributed by atoms with Crippen molar-refractivity contribution in [3.05, 3.63) is 107 Å². The Morgan fingerprint density at radius 3 is 2.38 bits per heavy atom. The van der Waals surface area contributed by atoms with Crippen LogP contribution in [0.25, 0.3) is 11.3 Å². The van der Waals surface area contributed by atoms with E-state index in [1.807, 2.05) is 13.0 Å². The van der Waals surface area contributed by atoms with Gasteiger partial charge in [-0.2, -0.15) is 5.10 Å². The van der Waals surface area contributed by atoms with Gasteiger partial charge in [0, 0.05) is 5.56 Å². The first-order valence-corrected chi connectivity index (χ1v) is 14.0. The molecule has 1 heterocycles. The molecular weight excluding hydrogens is 530 g/mol. The number of carbonyl (C=O) groups is 2. The van der Waals surface area contributed by atoms with Gasteiger partial charge in [-0.25, -0.2) is 18.6 Å². The molecule has 1 amide bonds. The number of aryl methyl sites for hydroxylation is 2. The summed E-state index contributed by atoms with van der Waals surface area (Å²) in [5.74, 6) is -0.118. The van der Waals surface area contributed by atoms with Crippen molar-refractivity contribution in [2.24, 2.45) is 5.10 Å². The fourth-order valence-corrected chi connectivity index (χ4v) is 5.51. The molecule has 0 atom stereocenters. The lowest BCUT2D eigenvalue weighted by molar-refractivity contribution is -0.119. The molecule has 0 unspecified atom stereocenters. The maximum Gasteiger partial charge on any atom is 0.338 e. The highest BCUT2D eigenvalue weighted by molar-refractivity contribution is 7.92. The van der Waals surface area contributed by atoms with Gasteiger partial charge in [0.25, 0.3) is 15.9 Å². The van der Waals surface area contributed by atoms with E-state index in [2.05, 4.69) is 10.5 Å². The van der Waals surface area contributed by atoms with E-state index < -0.39 is 28.4 Å². The van der Waals surface area contributed by atoms with Gasteiger partial charge in [-0.15, -0.1) is 0 Å². The van der Waals surface area contributed by atoms with Gasteiger partial charge in [-0.1, -0.05) is 48.0 Å². The normalized spacial score (nSPS) is 11.4. The van der Waals surface area contributed by atoms with E-state index in [0.29, 0.717) is 34.9 Å². The largest absolute Gasteiger partial charge is 0.462 e. The van der Waals surface area contributed by atoms with Crippen molar-refractivity contribution in [2.75, 3.05) is 17.5 Å². The summed E-state index contributed by atoms with van der Waals surface area (Å²) < 4.78 is 38.8. The Morgan fingerprint density at radius 2 is 1.70 bits per heavy atom. The van der Waals surface area contributed by atoms with Crippen LogP contribution in [0.4, 0.5) is 5.69 Å². The summed E-state index contributed by atoms with van der Waals surface area (Å²) in [5, 5.41) is 3.94. The minimum absolute atomic E-state index is 0.0738. The first-order chi connectivity index (χ1) is 19.2. The maximum atomic E-state index is 13.5. The summed E-state index contributed by atoms with van der Waals surface area (Å²) >= 11 is 0. The molecule has 206 valence electrons. The monoisotopic (exact) mass is 559 g/mol. The van der Waals surface area contributed by atoms with Gasteiger partial charge in [-0.05, 0) is 68.8 Å². The molecule has 0 spiro atoms. The zero-order valence-electron chi connectivity index (χ0n) is 22.3. The van der Waals surface area contributed by atoms with Crippen molar-refractivity contribution in [1.29, 1.82) is 0 Å². The molecule has 10 heteroatoms. The molecule has 0 radical (unpaired) electrons. The molecule has 1 aromatic heterocycles. The van der Waals surface area contributed by atoms with E-state index >= 15 is 0 Å². The number of benzene rings is 3. The van der Waals surface area contributed by atoms with Crippen molar-refractivity contribution in [3.63, 3.8) is 0 Å². The third-order valence-electron chi connectivity index (χ3n) is 5.93. The first-order valence-electron chi connectivity index (χ1n) is 12.5. The van der Waals surface area contributed by atoms with Crippen LogP contribution in [0.3, 0.4) is 0 Å². The number of carbonyl (C=O) groups excluding carboxylic acids is 2. The minimum atomic E-state index is -4.03. The third-order valence-corrected chi connectivity index (χ3v) is 7.70. The molecule has 0 fully saturated rings. The zero-order valence-corrected chi connectivity index (χ0v) is 23.1. The average Bonchev–Trinajstić information content (AvgIpc) is 3.42. The second-order valence-electron chi connectivity index (χ2n) is 8.91. The van der Waals surface area contributed by atoms with Gasteiger partial charge in [0.2, 0.25) is 0 Å². The van der Waals surface area contributed by atoms with Gasteiger partial charge in [-0.3, -0.25) is 9.10 Å². The summed E-state index contributed by atoms with van der Waals surface area (Å²) in [5.41, 5.74) is 5.65. The van der Waals surface area contributed by atoms with Crippen LogP contribution in [-0.4, -0.2) is 39.7 Å². The number of esters is 1. The van der Waals surface area contributed by atoms with Crippen LogP contribution in [0.1, 0.15) is 34.2 Å². The summed E-state index contributed by atoms with van der Waals surface area (Å²) in [7, 11) is -4.03. The molecule has 4 aromatic rings. The van der Waals surface area contributed by atoms with Gasteiger partial charge >= 0.3 is 5.97 Å². The van der Waals surface area contributed by atoms with E-state index in [1.165, 1.54) is 18.3 Å². The Kier molecular flexibility index (Phi) is 8.80. The number of nitrogens with zero attached hydrogens (tertiary/aromatic N) is 2. The van der Waals surface area contributed by atoms with E-state index in [4.69, 9.17) is 9.15 Å². The van der Waals surface area contributed by atoms with E-state index in [9.17, 15) is 18.0 Å². The van der Waals surface area contributed by atoms with Crippen LogP contribution in [0.15, 0.2) is 99.3 Å². The quantitative estimate of drug-likeness (QED) is 0.164. The number of hydrogen-bond acceptors (Lipinski definition) is 7. The number of sulfonamides is 1. The number of hydrazone groups is 1. The summed E-state index contributed by atoms with van der Waals surface area (Å²) in [6.07, 6.45) is 1.32. The van der Waals surface area contributed by atoms with Crippen LogP contribution >= 0.6 is 0 Å². The Bertz CT molecular complexity index is 1630. The van der Waals surface area contributed by atoms with Crippen LogP contribution in [-0.2, 0) is 19.6 Å². The van der Waals surface area contributed by atoms with Crippen molar-refractivity contribution in [1.82, 2.24) is 5.43 Å². The maximum absolute atomic E-state index is 13.5. The topological polar surface area (TPSA) is 118 Å². The predicted molar refractivity (Wildman–Crippen MR) is 153 cm³/mol. The Labute approximate surface area is 233 Å². The molecule has 0 saturated carbocycles. The lowest BCUT2D eigenvalue weighted by Gasteiger charge is -2.25. The number of nitrogens with one attached hydrogen (secondary N) is 1. The van der Waals surface area contributed by atoms with E-state index in [1.54, 1.807) is 80.6 Å². The molecule has 40 heavy (non-hydrogen) atoms. The highest BCUT2D eigenvalue weighted by Crippen LogP contribution is 2.27. The molecule has 0 aliphatic carbocycles. The molecule has 1 N–H and O–H groups in total. The lowest BCUT2D eigenvalue weighted by Crippen LogP contribution is -2.40. The van der Waals surface area contributed by atoms with Crippen LogP contribution in [0.5, 0.6) is 0 Å². The van der Waals surface area contributed by atoms with E-state index in [0.717, 1.165) is 15.4 Å². The number of anilines is 1. The van der Waals surface area contributed by atoms with Crippen LogP contribution in [0.2, 0.25) is 0 Å². The van der Waals surface area contributed by atoms with E-state index in [-0.39, 0.29) is 4.90 Å². The zero-order chi connectivity index (χ0) is 28.7. The highest BCUT2D eigenvalue weighted by atomic mass is 32.2. The van der Waals surface area contributed by atoms with Gasteiger partial charge in [0.1, 0.15) is 18.1 Å². The third kappa shape index (κ3) is 6.65. The average molecular weight is 560 g/mol. The highest BCUT2D eigenvalue weighted by Gasteiger charge is 2.28. The smallest absolute Gasteiger partial charge is 0.338 e. The van der Waals surface area contributed by atoms with Gasteiger partial charge < -0.3 is 9.15 Å². The van der Waals surface area contributed by atoms with Crippen molar-refractivity contribution < 1.29 is 27.2 Å². The molecule has 9 nitrogen and oxygen atoms in total. The van der Waals surface area contributed by atoms with Gasteiger partial charge in [0.15, 0.2) is 0 Å². The number of hydrogen-bond donors (Lipinski definition) is 1. The summed E-state index contributed by atoms with van der Waals surface area (Å²) in [4.78, 5) is 24.7. The second kappa shape index (κ2) is 12.4. The Hall–Kier alpha value is -4.70. The van der Waals surface area contributed by atoms with Crippen LogP contribution in [0, 0.1) is 13.8 Å². The van der Waals surface area contributed by atoms with Crippen molar-refractivity contribution >= 4 is 33.8 Å². The number of amides is 1. The predicted octanol–water partition coefficient (Wildman–Crippen LogP) is 5.09. The second-order valence-corrected chi connectivity index (χ2v) is 10.8. The van der Waals surface area contributed by atoms with Crippen molar-refractivity contribution in [3.8, 4) is 11.3 Å². The Morgan fingerprint density at radius 1 is 0.975 bits per heavy atom. The number of ether oxygens (including phenoxy) is 1. The molecule has 0 saturated heterocycles. The molecule has 0 aliphatic rings. The standard InChI is InChI=1S/C30H29N3O6S/c1-4-38-30(35)24-13-11-23(12-14-24)28-17-15-25(39-28)19-31-32-29(34)20-33(27-16-10-21(2)18-22(27)3)40(36,37)26-8-6-5-7-9-26/h5-19H,4,20H2,1-3H3,(H,32,34)/b31-19+. The molecule has 4 rings (SSSR count). The number of furan rings is 1. The summed E-state index contributed by atoms with van der Waals surface area (Å²) in [6, 6.07) is 23.5. The fraction of sp³-hybridized carbons (Fsp3) is 0.167. The molecule has 3 aromatic carbocycles. The van der Waals surface area contributed by atoms with Crippen molar-refractivity contribution in [2.45, 2.75) is 25.7 Å². The van der Waals surface area contributed by atoms with Gasteiger partial charge in [0.05, 0.1) is 29.0 Å². The van der Waals surface area contributed by atoms with Crippen LogP contribution < -0.4 is 9.73 Å². The lowest BCUT2D eigenvalue weighted by atomic mass is 10.1.